The standard InChI is InChI=1S/C38H38F3N3O8/c1-19-11-22-13-25-27(15-42)44-26(32(43(25)3)30(22)36(34(19)48-5)50-17-47-4)14-24-31(37-35(51-18-52-37)20(2)33(24)46)28(44)16-49-29(45)10-9-21-7-6-8-23(12-21)38(39,40)41/h6-12,25-28,32,46H,13-14,16-18H2,1-5H3/b10-9+/t25?,26?,27-,28-,32?/m0/s1. The van der Waals surface area contributed by atoms with E-state index in [0.29, 0.717) is 52.5 Å². The molecule has 5 atom stereocenters. The Balaban J connectivity index is 1.32. The fourth-order valence-electron chi connectivity index (χ4n) is 8.43. The number of esters is 1. The van der Waals surface area contributed by atoms with Crippen LogP contribution in [0.3, 0.4) is 0 Å². The first-order chi connectivity index (χ1) is 24.9. The lowest BCUT2D eigenvalue weighted by Crippen LogP contribution is -2.68. The third-order valence-electron chi connectivity index (χ3n) is 10.6. The molecule has 0 aliphatic carbocycles. The number of alkyl halides is 3. The van der Waals surface area contributed by atoms with Crippen LogP contribution in [-0.4, -0.2) is 80.5 Å². The molecule has 4 aliphatic heterocycles. The molecule has 7 rings (SSSR count). The summed E-state index contributed by atoms with van der Waals surface area (Å²) in [5.41, 5.74) is 3.74. The molecule has 3 unspecified atom stereocenters. The number of likely N-dealkylation sites (N-methyl/N-ethyl adjacent to an activating group) is 1. The molecule has 4 heterocycles. The van der Waals surface area contributed by atoms with Crippen molar-refractivity contribution in [1.29, 1.82) is 5.26 Å². The number of rotatable bonds is 8. The summed E-state index contributed by atoms with van der Waals surface area (Å²) in [5.74, 6) is 1.10. The van der Waals surface area contributed by atoms with E-state index in [9.17, 15) is 28.3 Å². The minimum absolute atomic E-state index is 0.0197. The molecule has 1 fully saturated rings. The Morgan fingerprint density at radius 3 is 2.58 bits per heavy atom. The van der Waals surface area contributed by atoms with Crippen LogP contribution in [0.5, 0.6) is 28.7 Å². The fourth-order valence-corrected chi connectivity index (χ4v) is 8.43. The first kappa shape index (κ1) is 35.4. The van der Waals surface area contributed by atoms with Crippen molar-refractivity contribution < 1.29 is 51.5 Å². The van der Waals surface area contributed by atoms with Gasteiger partial charge in [-0.3, -0.25) is 9.80 Å². The Bertz CT molecular complexity index is 1990. The molecule has 0 amide bonds. The van der Waals surface area contributed by atoms with Gasteiger partial charge in [-0.15, -0.1) is 0 Å². The topological polar surface area (TPSA) is 123 Å². The van der Waals surface area contributed by atoms with Gasteiger partial charge in [-0.2, -0.15) is 18.4 Å². The van der Waals surface area contributed by atoms with Crippen LogP contribution in [0, 0.1) is 25.2 Å². The lowest BCUT2D eigenvalue weighted by Gasteiger charge is -2.59. The summed E-state index contributed by atoms with van der Waals surface area (Å²) < 4.78 is 74.8. The van der Waals surface area contributed by atoms with Gasteiger partial charge in [0.05, 0.1) is 30.8 Å². The number of benzene rings is 3. The average molecular weight is 722 g/mol. The molecule has 3 aromatic carbocycles. The number of phenols is 1. The number of fused-ring (bicyclic) bond motifs is 9. The number of carbonyl (C=O) groups excluding carboxylic acids is 1. The highest BCUT2D eigenvalue weighted by atomic mass is 19.4. The van der Waals surface area contributed by atoms with Gasteiger partial charge in [0.1, 0.15) is 18.4 Å². The number of piperazine rings is 1. The molecule has 1 saturated heterocycles. The maximum absolute atomic E-state index is 13.3. The lowest BCUT2D eigenvalue weighted by molar-refractivity contribution is -0.143. The first-order valence-corrected chi connectivity index (χ1v) is 16.8. The second kappa shape index (κ2) is 13.5. The molecule has 0 spiro atoms. The molecule has 3 aromatic rings. The zero-order chi connectivity index (χ0) is 37.1. The van der Waals surface area contributed by atoms with E-state index < -0.39 is 35.8 Å². The number of phenolic OH excluding ortho intramolecular Hbond substituents is 1. The van der Waals surface area contributed by atoms with Gasteiger partial charge in [-0.05, 0) is 68.6 Å². The Hall–Kier alpha value is -4.97. The molecule has 11 nitrogen and oxygen atoms in total. The largest absolute Gasteiger partial charge is 0.507 e. The number of halogens is 3. The number of nitrogens with zero attached hydrogens (tertiary/aromatic N) is 3. The van der Waals surface area contributed by atoms with Crippen molar-refractivity contribution in [2.45, 2.75) is 63.1 Å². The average Bonchev–Trinajstić information content (AvgIpc) is 3.61. The van der Waals surface area contributed by atoms with Crippen LogP contribution in [-0.2, 0) is 33.3 Å². The Kier molecular flexibility index (Phi) is 9.23. The number of aromatic hydroxyl groups is 1. The van der Waals surface area contributed by atoms with E-state index >= 15 is 0 Å². The summed E-state index contributed by atoms with van der Waals surface area (Å²) in [4.78, 5) is 17.4. The van der Waals surface area contributed by atoms with Gasteiger partial charge >= 0.3 is 12.1 Å². The maximum atomic E-state index is 13.3. The van der Waals surface area contributed by atoms with Gasteiger partial charge in [0.2, 0.25) is 6.79 Å². The monoisotopic (exact) mass is 721 g/mol. The summed E-state index contributed by atoms with van der Waals surface area (Å²) in [6.07, 6.45) is -1.40. The number of carbonyl (C=O) groups is 1. The number of aryl methyl sites for hydroxylation is 1. The van der Waals surface area contributed by atoms with Gasteiger partial charge in [0.25, 0.3) is 0 Å². The quantitative estimate of drug-likeness (QED) is 0.173. The van der Waals surface area contributed by atoms with Gasteiger partial charge in [-0.25, -0.2) is 4.79 Å². The second-order valence-corrected chi connectivity index (χ2v) is 13.4. The van der Waals surface area contributed by atoms with Crippen LogP contribution in [0.4, 0.5) is 13.2 Å². The zero-order valence-electron chi connectivity index (χ0n) is 29.2. The number of nitriles is 1. The lowest BCUT2D eigenvalue weighted by atomic mass is 9.71. The minimum Gasteiger partial charge on any atom is -0.507 e. The highest BCUT2D eigenvalue weighted by molar-refractivity contribution is 5.87. The van der Waals surface area contributed by atoms with E-state index in [0.717, 1.165) is 34.9 Å². The minimum atomic E-state index is -4.54. The van der Waals surface area contributed by atoms with Crippen LogP contribution >= 0.6 is 0 Å². The summed E-state index contributed by atoms with van der Waals surface area (Å²) in [7, 11) is 5.08. The predicted octanol–water partition coefficient (Wildman–Crippen LogP) is 5.78. The van der Waals surface area contributed by atoms with Gasteiger partial charge in [0, 0.05) is 47.5 Å². The van der Waals surface area contributed by atoms with E-state index in [4.69, 9.17) is 28.4 Å². The van der Waals surface area contributed by atoms with E-state index in [1.54, 1.807) is 14.0 Å². The molecule has 4 aliphatic rings. The molecule has 274 valence electrons. The molecule has 0 saturated carbocycles. The first-order valence-electron chi connectivity index (χ1n) is 16.8. The third-order valence-corrected chi connectivity index (χ3v) is 10.6. The fraction of sp³-hybridized carbons (Fsp3) is 0.421. The molecule has 52 heavy (non-hydrogen) atoms. The van der Waals surface area contributed by atoms with Crippen molar-refractivity contribution >= 4 is 12.0 Å². The summed E-state index contributed by atoms with van der Waals surface area (Å²) in [6.45, 7) is 3.31. The molecule has 0 aromatic heterocycles. The van der Waals surface area contributed by atoms with Gasteiger partial charge in [0.15, 0.2) is 29.8 Å². The smallest absolute Gasteiger partial charge is 0.416 e. The third kappa shape index (κ3) is 5.77. The van der Waals surface area contributed by atoms with Crippen LogP contribution in [0.25, 0.3) is 6.08 Å². The maximum Gasteiger partial charge on any atom is 0.416 e. The Labute approximate surface area is 298 Å². The van der Waals surface area contributed by atoms with E-state index in [-0.39, 0.29) is 43.6 Å². The molecular weight excluding hydrogens is 683 g/mol. The van der Waals surface area contributed by atoms with Crippen LogP contribution < -0.4 is 18.9 Å². The number of methoxy groups -OCH3 is 2. The number of hydrogen-bond acceptors (Lipinski definition) is 11. The van der Waals surface area contributed by atoms with Crippen LogP contribution in [0.15, 0.2) is 36.4 Å². The zero-order valence-corrected chi connectivity index (χ0v) is 29.2. The SMILES string of the molecule is COCOc1c(OC)c(C)cc2c1C1C3Cc4c(O)c(C)c5c(c4[C@H](COC(=O)/C=C/c4cccc(C(F)(F)F)c4)N3[C@@H](C#N)C(C2)N1C)OCO5. The Morgan fingerprint density at radius 1 is 1.10 bits per heavy atom. The van der Waals surface area contributed by atoms with Crippen LogP contribution in [0.1, 0.15) is 56.6 Å². The summed E-state index contributed by atoms with van der Waals surface area (Å²) >= 11 is 0. The van der Waals surface area contributed by atoms with Crippen molar-refractivity contribution in [3.8, 4) is 34.8 Å². The highest BCUT2D eigenvalue weighted by Gasteiger charge is 2.57. The van der Waals surface area contributed by atoms with Crippen molar-refractivity contribution in [3.05, 3.63) is 80.9 Å². The summed E-state index contributed by atoms with van der Waals surface area (Å²) in [6, 6.07) is 6.66. The van der Waals surface area contributed by atoms with E-state index in [2.05, 4.69) is 17.0 Å². The highest BCUT2D eigenvalue weighted by Crippen LogP contribution is 2.58. The van der Waals surface area contributed by atoms with Crippen molar-refractivity contribution in [2.24, 2.45) is 0 Å². The van der Waals surface area contributed by atoms with Crippen molar-refractivity contribution in [2.75, 3.05) is 41.5 Å². The van der Waals surface area contributed by atoms with Crippen molar-refractivity contribution in [1.82, 2.24) is 9.80 Å². The van der Waals surface area contributed by atoms with E-state index in [1.807, 2.05) is 18.9 Å². The number of hydrogen-bond donors (Lipinski definition) is 1. The Morgan fingerprint density at radius 2 is 1.87 bits per heavy atom. The van der Waals surface area contributed by atoms with Crippen LogP contribution in [0.2, 0.25) is 0 Å². The molecule has 1 N–H and O–H groups in total. The predicted molar refractivity (Wildman–Crippen MR) is 180 cm³/mol. The number of ether oxygens (including phenoxy) is 6. The molecule has 2 bridgehead atoms. The van der Waals surface area contributed by atoms with Gasteiger partial charge in [-0.1, -0.05) is 18.2 Å². The molecular formula is C38H38F3N3O8. The molecule has 14 heteroatoms. The second-order valence-electron chi connectivity index (χ2n) is 13.4. The normalized spacial score (nSPS) is 23.4. The van der Waals surface area contributed by atoms with Gasteiger partial charge < -0.3 is 33.5 Å². The molecule has 0 radical (unpaired) electrons. The summed E-state index contributed by atoms with van der Waals surface area (Å²) in [5, 5.41) is 22.5. The van der Waals surface area contributed by atoms with E-state index in [1.165, 1.54) is 25.3 Å². The van der Waals surface area contributed by atoms with Crippen molar-refractivity contribution in [3.63, 3.8) is 0 Å².